The summed E-state index contributed by atoms with van der Waals surface area (Å²) >= 11 is 0. The lowest BCUT2D eigenvalue weighted by atomic mass is 10.3. The summed E-state index contributed by atoms with van der Waals surface area (Å²) in [7, 11) is 0. The number of aromatic nitrogens is 1. The molecule has 1 aromatic heterocycles. The van der Waals surface area contributed by atoms with Gasteiger partial charge in [-0.15, -0.1) is 0 Å². The number of nitrogens with zero attached hydrogens (tertiary/aromatic N) is 1. The van der Waals surface area contributed by atoms with E-state index in [1.54, 1.807) is 6.20 Å². The lowest BCUT2D eigenvalue weighted by Crippen LogP contribution is -2.16. The molecular weight excluding hydrogens is 258 g/mol. The van der Waals surface area contributed by atoms with E-state index in [9.17, 15) is 0 Å². The monoisotopic (exact) mass is 273 g/mol. The predicted molar refractivity (Wildman–Crippen MR) is 70.2 cm³/mol. The Balaban J connectivity index is 1.48. The maximum absolute atomic E-state index is 5.74. The van der Waals surface area contributed by atoms with Crippen molar-refractivity contribution in [3.05, 3.63) is 36.0 Å². The van der Waals surface area contributed by atoms with E-state index in [1.165, 1.54) is 12.8 Å². The van der Waals surface area contributed by atoms with E-state index in [4.69, 9.17) is 18.6 Å². The second kappa shape index (κ2) is 4.74. The Kier molecular flexibility index (Phi) is 2.76. The molecule has 20 heavy (non-hydrogen) atoms. The molecule has 1 aromatic carbocycles. The van der Waals surface area contributed by atoms with Crippen molar-refractivity contribution in [3.8, 4) is 17.2 Å². The van der Waals surface area contributed by atoms with Gasteiger partial charge in [-0.1, -0.05) is 6.07 Å². The average molecular weight is 273 g/mol. The van der Waals surface area contributed by atoms with Crippen molar-refractivity contribution in [1.29, 1.82) is 0 Å². The van der Waals surface area contributed by atoms with Gasteiger partial charge in [0.25, 0.3) is 0 Å². The summed E-state index contributed by atoms with van der Waals surface area (Å²) < 4.78 is 22.5. The van der Waals surface area contributed by atoms with Crippen LogP contribution in [-0.2, 0) is 6.61 Å². The molecule has 0 N–H and O–H groups in total. The van der Waals surface area contributed by atoms with Gasteiger partial charge in [-0.25, -0.2) is 4.98 Å². The molecule has 0 spiro atoms. The van der Waals surface area contributed by atoms with Crippen LogP contribution in [0.4, 0.5) is 0 Å². The lowest BCUT2D eigenvalue weighted by molar-refractivity contribution is 0.158. The van der Waals surface area contributed by atoms with Crippen LogP contribution in [-0.4, -0.2) is 18.2 Å². The fourth-order valence-corrected chi connectivity index (χ4v) is 2.25. The number of oxazole rings is 1. The second-order valence-electron chi connectivity index (χ2n) is 5.00. The van der Waals surface area contributed by atoms with Gasteiger partial charge in [-0.3, -0.25) is 0 Å². The SMILES string of the molecule is c1cc2c(c(OCc3ncc(C4CC4)o3)c1)OCCO2. The highest BCUT2D eigenvalue weighted by atomic mass is 16.6. The fraction of sp³-hybridized carbons (Fsp3) is 0.400. The molecule has 104 valence electrons. The van der Waals surface area contributed by atoms with Gasteiger partial charge >= 0.3 is 0 Å². The maximum atomic E-state index is 5.74. The van der Waals surface area contributed by atoms with Crippen molar-refractivity contribution in [3.63, 3.8) is 0 Å². The molecule has 4 rings (SSSR count). The first kappa shape index (κ1) is 11.6. The van der Waals surface area contributed by atoms with Gasteiger partial charge in [-0.05, 0) is 25.0 Å². The zero-order chi connectivity index (χ0) is 13.4. The Bertz CT molecular complexity index is 618. The quantitative estimate of drug-likeness (QED) is 0.857. The van der Waals surface area contributed by atoms with Crippen LogP contribution in [0.25, 0.3) is 0 Å². The zero-order valence-electron chi connectivity index (χ0n) is 11.0. The molecule has 1 saturated carbocycles. The predicted octanol–water partition coefficient (Wildman–Crippen LogP) is 2.90. The summed E-state index contributed by atoms with van der Waals surface area (Å²) in [5.41, 5.74) is 0. The minimum atomic E-state index is 0.298. The molecule has 0 unspecified atom stereocenters. The number of hydrogen-bond donors (Lipinski definition) is 0. The topological polar surface area (TPSA) is 53.7 Å². The van der Waals surface area contributed by atoms with Gasteiger partial charge in [0.15, 0.2) is 18.1 Å². The lowest BCUT2D eigenvalue weighted by Gasteiger charge is -2.20. The first-order valence-electron chi connectivity index (χ1n) is 6.86. The Morgan fingerprint density at radius 1 is 1.20 bits per heavy atom. The maximum Gasteiger partial charge on any atom is 0.232 e. The van der Waals surface area contributed by atoms with Crippen LogP contribution in [0.15, 0.2) is 28.8 Å². The van der Waals surface area contributed by atoms with Crippen LogP contribution in [0.1, 0.15) is 30.4 Å². The van der Waals surface area contributed by atoms with E-state index in [0.717, 1.165) is 11.5 Å². The van der Waals surface area contributed by atoms with Crippen molar-refractivity contribution in [2.24, 2.45) is 0 Å². The molecular formula is C15H15NO4. The molecule has 1 aliphatic carbocycles. The van der Waals surface area contributed by atoms with Crippen molar-refractivity contribution in [1.82, 2.24) is 4.98 Å². The summed E-state index contributed by atoms with van der Waals surface area (Å²) in [6, 6.07) is 5.62. The molecule has 5 nitrogen and oxygen atoms in total. The third-order valence-electron chi connectivity index (χ3n) is 3.43. The summed E-state index contributed by atoms with van der Waals surface area (Å²) in [4.78, 5) is 4.24. The highest BCUT2D eigenvalue weighted by Crippen LogP contribution is 2.41. The van der Waals surface area contributed by atoms with Crippen molar-refractivity contribution >= 4 is 0 Å². The van der Waals surface area contributed by atoms with E-state index in [1.807, 2.05) is 18.2 Å². The average Bonchev–Trinajstić information content (AvgIpc) is 3.24. The van der Waals surface area contributed by atoms with Gasteiger partial charge < -0.3 is 18.6 Å². The molecule has 0 radical (unpaired) electrons. The Morgan fingerprint density at radius 2 is 2.10 bits per heavy atom. The molecule has 0 atom stereocenters. The number of rotatable bonds is 4. The number of hydrogen-bond acceptors (Lipinski definition) is 5. The van der Waals surface area contributed by atoms with Gasteiger partial charge in [0.2, 0.25) is 11.6 Å². The van der Waals surface area contributed by atoms with E-state index >= 15 is 0 Å². The molecule has 1 aliphatic heterocycles. The van der Waals surface area contributed by atoms with Gasteiger partial charge in [0, 0.05) is 5.92 Å². The molecule has 0 saturated heterocycles. The number of para-hydroxylation sites is 1. The highest BCUT2D eigenvalue weighted by molar-refractivity contribution is 5.51. The zero-order valence-corrected chi connectivity index (χ0v) is 11.0. The van der Waals surface area contributed by atoms with E-state index in [0.29, 0.717) is 43.1 Å². The Morgan fingerprint density at radius 3 is 3.00 bits per heavy atom. The molecule has 0 amide bonds. The van der Waals surface area contributed by atoms with Crippen LogP contribution in [0.2, 0.25) is 0 Å². The third kappa shape index (κ3) is 2.19. The van der Waals surface area contributed by atoms with Gasteiger partial charge in [-0.2, -0.15) is 0 Å². The minimum absolute atomic E-state index is 0.298. The molecule has 2 heterocycles. The molecule has 2 aliphatic rings. The first-order chi connectivity index (χ1) is 9.90. The van der Waals surface area contributed by atoms with Crippen molar-refractivity contribution in [2.75, 3.05) is 13.2 Å². The molecule has 0 bridgehead atoms. The molecule has 1 fully saturated rings. The standard InChI is InChI=1S/C15H15NO4/c1-2-11-15(18-7-6-17-11)12(3-1)19-9-14-16-8-13(20-14)10-4-5-10/h1-3,8,10H,4-7,9H2. The Hall–Kier alpha value is -2.17. The van der Waals surface area contributed by atoms with Crippen LogP contribution in [0.3, 0.4) is 0 Å². The van der Waals surface area contributed by atoms with Crippen LogP contribution < -0.4 is 14.2 Å². The smallest absolute Gasteiger partial charge is 0.232 e. The summed E-state index contributed by atoms with van der Waals surface area (Å²) in [6.45, 7) is 1.41. The van der Waals surface area contributed by atoms with Gasteiger partial charge in [0.1, 0.15) is 19.0 Å². The van der Waals surface area contributed by atoms with Gasteiger partial charge in [0.05, 0.1) is 6.20 Å². The highest BCUT2D eigenvalue weighted by Gasteiger charge is 2.27. The molecule has 2 aromatic rings. The van der Waals surface area contributed by atoms with Crippen LogP contribution in [0, 0.1) is 0 Å². The number of fused-ring (bicyclic) bond motifs is 1. The van der Waals surface area contributed by atoms with E-state index in [-0.39, 0.29) is 0 Å². The normalized spacial score (nSPS) is 17.0. The van der Waals surface area contributed by atoms with Crippen molar-refractivity contribution < 1.29 is 18.6 Å². The fourth-order valence-electron chi connectivity index (χ4n) is 2.25. The molecule has 5 heteroatoms. The van der Waals surface area contributed by atoms with Crippen LogP contribution >= 0.6 is 0 Å². The minimum Gasteiger partial charge on any atom is -0.486 e. The van der Waals surface area contributed by atoms with Crippen LogP contribution in [0.5, 0.6) is 17.2 Å². The Labute approximate surface area is 116 Å². The largest absolute Gasteiger partial charge is 0.486 e. The second-order valence-corrected chi connectivity index (χ2v) is 5.00. The summed E-state index contributed by atoms with van der Waals surface area (Å²) in [5, 5.41) is 0. The van der Waals surface area contributed by atoms with E-state index < -0.39 is 0 Å². The van der Waals surface area contributed by atoms with Crippen molar-refractivity contribution in [2.45, 2.75) is 25.4 Å². The first-order valence-corrected chi connectivity index (χ1v) is 6.86. The summed E-state index contributed by atoms with van der Waals surface area (Å²) in [6.07, 6.45) is 4.20. The van der Waals surface area contributed by atoms with E-state index in [2.05, 4.69) is 4.98 Å². The third-order valence-corrected chi connectivity index (χ3v) is 3.43. The number of benzene rings is 1. The summed E-state index contributed by atoms with van der Waals surface area (Å²) in [5.74, 6) is 4.18. The number of ether oxygens (including phenoxy) is 3.